The van der Waals surface area contributed by atoms with Crippen LogP contribution in [0.15, 0.2) is 54.6 Å². The second-order valence-corrected chi connectivity index (χ2v) is 6.15. The van der Waals surface area contributed by atoms with Crippen molar-refractivity contribution in [2.45, 2.75) is 12.0 Å². The first-order chi connectivity index (χ1) is 11.7. The van der Waals surface area contributed by atoms with Gasteiger partial charge in [0.15, 0.2) is 0 Å². The highest BCUT2D eigenvalue weighted by atomic mass is 16.5. The number of nitrogens with zero attached hydrogens (tertiary/aromatic N) is 1. The first-order valence-corrected chi connectivity index (χ1v) is 8.12. The average molecular weight is 325 g/mol. The van der Waals surface area contributed by atoms with E-state index in [9.17, 15) is 4.79 Å². The summed E-state index contributed by atoms with van der Waals surface area (Å²) in [6.45, 7) is 1.89. The van der Waals surface area contributed by atoms with Crippen LogP contribution in [-0.2, 0) is 4.79 Å². The fraction of sp³-hybridized carbons (Fsp3) is 0.316. The maximum atomic E-state index is 12.2. The van der Waals surface area contributed by atoms with Crippen LogP contribution in [0, 0.1) is 0 Å². The lowest BCUT2D eigenvalue weighted by atomic mass is 9.95. The summed E-state index contributed by atoms with van der Waals surface area (Å²) in [6.07, 6.45) is 0. The van der Waals surface area contributed by atoms with Gasteiger partial charge in [0.2, 0.25) is 5.91 Å². The third-order valence-electron chi connectivity index (χ3n) is 4.41. The van der Waals surface area contributed by atoms with Crippen LogP contribution < -0.4 is 15.8 Å². The summed E-state index contributed by atoms with van der Waals surface area (Å²) < 4.78 is 5.11. The van der Waals surface area contributed by atoms with Gasteiger partial charge in [0.25, 0.3) is 0 Å². The van der Waals surface area contributed by atoms with E-state index in [1.54, 1.807) is 7.11 Å². The number of hydrogen-bond acceptors (Lipinski definition) is 4. The molecule has 2 aromatic carbocycles. The van der Waals surface area contributed by atoms with Gasteiger partial charge in [-0.2, -0.15) is 0 Å². The lowest BCUT2D eigenvalue weighted by Gasteiger charge is -2.16. The molecule has 0 aromatic heterocycles. The molecular weight excluding hydrogens is 302 g/mol. The van der Waals surface area contributed by atoms with Crippen molar-refractivity contribution in [1.82, 2.24) is 4.90 Å². The van der Waals surface area contributed by atoms with Gasteiger partial charge in [0.1, 0.15) is 5.75 Å². The number of carbonyl (C=O) groups excluding carboxylic acids is 1. The quantitative estimate of drug-likeness (QED) is 0.883. The molecule has 1 heterocycles. The van der Waals surface area contributed by atoms with Gasteiger partial charge < -0.3 is 15.8 Å². The Labute approximate surface area is 142 Å². The zero-order valence-corrected chi connectivity index (χ0v) is 13.8. The van der Waals surface area contributed by atoms with Crippen molar-refractivity contribution in [2.24, 2.45) is 5.73 Å². The molecule has 1 saturated heterocycles. The minimum absolute atomic E-state index is 0.0268. The average Bonchev–Trinajstić information content (AvgIpc) is 2.96. The van der Waals surface area contributed by atoms with Gasteiger partial charge >= 0.3 is 0 Å². The highest BCUT2D eigenvalue weighted by Crippen LogP contribution is 2.26. The lowest BCUT2D eigenvalue weighted by Crippen LogP contribution is -2.33. The van der Waals surface area contributed by atoms with E-state index in [4.69, 9.17) is 10.5 Å². The number of methoxy groups -OCH3 is 1. The van der Waals surface area contributed by atoms with Gasteiger partial charge in [0.05, 0.1) is 13.7 Å². The van der Waals surface area contributed by atoms with Crippen molar-refractivity contribution >= 4 is 11.6 Å². The first kappa shape index (κ1) is 16.5. The Morgan fingerprint density at radius 1 is 1.17 bits per heavy atom. The number of ether oxygens (including phenoxy) is 1. The van der Waals surface area contributed by atoms with Gasteiger partial charge in [-0.05, 0) is 29.8 Å². The summed E-state index contributed by atoms with van der Waals surface area (Å²) in [7, 11) is 1.62. The molecule has 0 bridgehead atoms. The standard InChI is InChI=1S/C19H23N3O2/c1-24-16-9-7-15(8-10-16)21-19(23)13-22-11-17(18(20)12-22)14-5-3-2-4-6-14/h2-10,17-18H,11-13,20H2,1H3,(H,21,23)/t17-,18+/m0/s1. The first-order valence-electron chi connectivity index (χ1n) is 8.12. The minimum Gasteiger partial charge on any atom is -0.497 e. The SMILES string of the molecule is COc1ccc(NC(=O)CN2C[C@@H](N)[C@H](c3ccccc3)C2)cc1. The van der Waals surface area contributed by atoms with E-state index < -0.39 is 0 Å². The van der Waals surface area contributed by atoms with Gasteiger partial charge in [0, 0.05) is 30.7 Å². The van der Waals surface area contributed by atoms with Crippen LogP contribution in [0.5, 0.6) is 5.75 Å². The number of amides is 1. The second kappa shape index (κ2) is 7.47. The topological polar surface area (TPSA) is 67.6 Å². The Kier molecular flexibility index (Phi) is 5.13. The predicted octanol–water partition coefficient (Wildman–Crippen LogP) is 2.06. The summed E-state index contributed by atoms with van der Waals surface area (Å²) in [4.78, 5) is 14.4. The van der Waals surface area contributed by atoms with Gasteiger partial charge in [-0.15, -0.1) is 0 Å². The molecule has 5 nitrogen and oxygen atoms in total. The summed E-state index contributed by atoms with van der Waals surface area (Å²) in [6, 6.07) is 17.6. The summed E-state index contributed by atoms with van der Waals surface area (Å²) in [5.74, 6) is 1.02. The number of nitrogens with two attached hydrogens (primary N) is 1. The molecule has 1 amide bonds. The van der Waals surface area contributed by atoms with Crippen LogP contribution in [0.3, 0.4) is 0 Å². The molecule has 1 fully saturated rings. The molecule has 0 spiro atoms. The van der Waals surface area contributed by atoms with E-state index in [2.05, 4.69) is 22.3 Å². The van der Waals surface area contributed by atoms with Crippen molar-refractivity contribution < 1.29 is 9.53 Å². The lowest BCUT2D eigenvalue weighted by molar-refractivity contribution is -0.117. The molecule has 0 saturated carbocycles. The van der Waals surface area contributed by atoms with E-state index in [1.165, 1.54) is 5.56 Å². The Morgan fingerprint density at radius 3 is 2.54 bits per heavy atom. The van der Waals surface area contributed by atoms with E-state index in [1.807, 2.05) is 42.5 Å². The number of hydrogen-bond donors (Lipinski definition) is 2. The summed E-state index contributed by atoms with van der Waals surface area (Å²) in [5.41, 5.74) is 8.28. The largest absolute Gasteiger partial charge is 0.497 e. The number of nitrogens with one attached hydrogen (secondary N) is 1. The van der Waals surface area contributed by atoms with Crippen molar-refractivity contribution in [3.05, 3.63) is 60.2 Å². The highest BCUT2D eigenvalue weighted by Gasteiger charge is 2.31. The molecular formula is C19H23N3O2. The zero-order chi connectivity index (χ0) is 16.9. The predicted molar refractivity (Wildman–Crippen MR) is 95.2 cm³/mol. The Balaban J connectivity index is 1.55. The number of carbonyl (C=O) groups is 1. The van der Waals surface area contributed by atoms with Crippen LogP contribution in [0.1, 0.15) is 11.5 Å². The van der Waals surface area contributed by atoms with E-state index in [-0.39, 0.29) is 17.9 Å². The Morgan fingerprint density at radius 2 is 1.88 bits per heavy atom. The molecule has 3 N–H and O–H groups in total. The van der Waals surface area contributed by atoms with E-state index in [0.717, 1.165) is 24.5 Å². The van der Waals surface area contributed by atoms with Crippen LogP contribution in [0.25, 0.3) is 0 Å². The smallest absolute Gasteiger partial charge is 0.238 e. The molecule has 0 aliphatic carbocycles. The third-order valence-corrected chi connectivity index (χ3v) is 4.41. The monoisotopic (exact) mass is 325 g/mol. The van der Waals surface area contributed by atoms with Crippen LogP contribution in [0.4, 0.5) is 5.69 Å². The zero-order valence-electron chi connectivity index (χ0n) is 13.8. The fourth-order valence-corrected chi connectivity index (χ4v) is 3.17. The van der Waals surface area contributed by atoms with Crippen molar-refractivity contribution in [3.8, 4) is 5.75 Å². The number of rotatable bonds is 5. The third kappa shape index (κ3) is 3.93. The minimum atomic E-state index is -0.0268. The molecule has 1 aliphatic heterocycles. The molecule has 2 atom stereocenters. The van der Waals surface area contributed by atoms with E-state index >= 15 is 0 Å². The van der Waals surface area contributed by atoms with Crippen LogP contribution in [0.2, 0.25) is 0 Å². The summed E-state index contributed by atoms with van der Waals surface area (Å²) in [5, 5.41) is 2.91. The van der Waals surface area contributed by atoms with Gasteiger partial charge in [-0.1, -0.05) is 30.3 Å². The maximum Gasteiger partial charge on any atom is 0.238 e. The van der Waals surface area contributed by atoms with Crippen LogP contribution >= 0.6 is 0 Å². The molecule has 1 aliphatic rings. The Bertz CT molecular complexity index is 673. The molecule has 24 heavy (non-hydrogen) atoms. The fourth-order valence-electron chi connectivity index (χ4n) is 3.17. The number of anilines is 1. The van der Waals surface area contributed by atoms with Crippen LogP contribution in [-0.4, -0.2) is 43.6 Å². The van der Waals surface area contributed by atoms with E-state index in [0.29, 0.717) is 6.54 Å². The van der Waals surface area contributed by atoms with Gasteiger partial charge in [-0.25, -0.2) is 0 Å². The molecule has 3 rings (SSSR count). The highest BCUT2D eigenvalue weighted by molar-refractivity contribution is 5.92. The second-order valence-electron chi connectivity index (χ2n) is 6.15. The number of benzene rings is 2. The molecule has 5 heteroatoms. The van der Waals surface area contributed by atoms with Gasteiger partial charge in [-0.3, -0.25) is 9.69 Å². The molecule has 2 aromatic rings. The normalized spacial score (nSPS) is 20.8. The summed E-state index contributed by atoms with van der Waals surface area (Å²) >= 11 is 0. The molecule has 0 unspecified atom stereocenters. The Hall–Kier alpha value is -2.37. The number of likely N-dealkylation sites (tertiary alicyclic amines) is 1. The molecule has 126 valence electrons. The van der Waals surface area contributed by atoms with Crippen molar-refractivity contribution in [2.75, 3.05) is 32.1 Å². The van der Waals surface area contributed by atoms with Crippen molar-refractivity contribution in [1.29, 1.82) is 0 Å². The molecule has 0 radical (unpaired) electrons. The van der Waals surface area contributed by atoms with Crippen molar-refractivity contribution in [3.63, 3.8) is 0 Å². The maximum absolute atomic E-state index is 12.2.